The maximum absolute atomic E-state index is 13.8. The molecule has 0 aliphatic heterocycles. The molecule has 0 aliphatic carbocycles. The van der Waals surface area contributed by atoms with Crippen molar-refractivity contribution in [3.05, 3.63) is 103 Å². The van der Waals surface area contributed by atoms with Crippen LogP contribution in [0.15, 0.2) is 102 Å². The Balaban J connectivity index is 1.47. The van der Waals surface area contributed by atoms with Crippen LogP contribution >= 0.6 is 0 Å². The Kier molecular flexibility index (Phi) is 9.10. The number of fused-ring (bicyclic) bond motifs is 1. The fourth-order valence-electron chi connectivity index (χ4n) is 4.60. The van der Waals surface area contributed by atoms with Crippen LogP contribution in [0.2, 0.25) is 0 Å². The molecule has 0 spiro atoms. The first-order valence-corrected chi connectivity index (χ1v) is 15.2. The molecule has 4 N–H and O–H groups in total. The summed E-state index contributed by atoms with van der Waals surface area (Å²) in [6.45, 7) is 0.385. The van der Waals surface area contributed by atoms with Crippen molar-refractivity contribution in [2.45, 2.75) is 11.3 Å². The number of ether oxygens (including phenoxy) is 2. The number of benzene rings is 4. The number of hydrogen-bond acceptors (Lipinski definition) is 9. The fraction of sp³-hybridized carbons (Fsp3) is 0.156. The van der Waals surface area contributed by atoms with Gasteiger partial charge in [0.15, 0.2) is 11.6 Å². The van der Waals surface area contributed by atoms with Gasteiger partial charge in [-0.2, -0.15) is 0 Å². The highest BCUT2D eigenvalue weighted by Gasteiger charge is 2.21. The van der Waals surface area contributed by atoms with Crippen molar-refractivity contribution in [1.82, 2.24) is 9.97 Å². The Labute approximate surface area is 255 Å². The summed E-state index contributed by atoms with van der Waals surface area (Å²) >= 11 is 0. The molecule has 0 atom stereocenters. The summed E-state index contributed by atoms with van der Waals surface area (Å²) in [5.74, 6) is 0.714. The third kappa shape index (κ3) is 7.34. The molecule has 1 aromatic heterocycles. The highest BCUT2D eigenvalue weighted by molar-refractivity contribution is 7.92. The van der Waals surface area contributed by atoms with Gasteiger partial charge in [0.2, 0.25) is 5.91 Å². The standard InChI is InChI=1S/C32H32N6O5S/c1-42-25-17-23(18-26(20-25)43-2)34-31-32(36-29-14-7-6-13-28(29)35-31)37-44(40,41)27-12-8-11-24(19-27)38(21-30(33)39)16-15-22-9-4-3-5-10-22/h3-14,17-20H,15-16,21H2,1-2H3,(H2,33,39)(H,34,35)(H,36,37). The minimum Gasteiger partial charge on any atom is -0.497 e. The van der Waals surface area contributed by atoms with Gasteiger partial charge < -0.3 is 25.4 Å². The maximum Gasteiger partial charge on any atom is 0.263 e. The van der Waals surface area contributed by atoms with Crippen molar-refractivity contribution in [2.75, 3.05) is 42.2 Å². The average Bonchev–Trinajstić information content (AvgIpc) is 3.03. The molecular formula is C32H32N6O5S. The van der Waals surface area contributed by atoms with E-state index >= 15 is 0 Å². The molecular weight excluding hydrogens is 580 g/mol. The van der Waals surface area contributed by atoms with E-state index in [1.165, 1.54) is 26.4 Å². The van der Waals surface area contributed by atoms with Crippen molar-refractivity contribution in [1.29, 1.82) is 0 Å². The lowest BCUT2D eigenvalue weighted by Gasteiger charge is -2.24. The van der Waals surface area contributed by atoms with Gasteiger partial charge in [0.25, 0.3) is 10.0 Å². The zero-order chi connectivity index (χ0) is 31.1. The number of carbonyl (C=O) groups is 1. The Morgan fingerprint density at radius 1 is 0.818 bits per heavy atom. The predicted molar refractivity (Wildman–Crippen MR) is 171 cm³/mol. The van der Waals surface area contributed by atoms with E-state index in [1.807, 2.05) is 36.4 Å². The van der Waals surface area contributed by atoms with Crippen LogP contribution in [-0.4, -0.2) is 51.6 Å². The molecule has 1 amide bonds. The topological polar surface area (TPSA) is 149 Å². The Morgan fingerprint density at radius 3 is 2.09 bits per heavy atom. The summed E-state index contributed by atoms with van der Waals surface area (Å²) in [7, 11) is -1.09. The van der Waals surface area contributed by atoms with Crippen LogP contribution < -0.4 is 30.1 Å². The molecule has 5 rings (SSSR count). The third-order valence-electron chi connectivity index (χ3n) is 6.77. The van der Waals surface area contributed by atoms with Gasteiger partial charge in [-0.05, 0) is 42.3 Å². The summed E-state index contributed by atoms with van der Waals surface area (Å²) in [5, 5.41) is 3.15. The van der Waals surface area contributed by atoms with Gasteiger partial charge in [-0.25, -0.2) is 18.4 Å². The zero-order valence-corrected chi connectivity index (χ0v) is 25.0. The number of primary amides is 1. The van der Waals surface area contributed by atoms with Crippen LogP contribution in [0.5, 0.6) is 11.5 Å². The van der Waals surface area contributed by atoms with Crippen molar-refractivity contribution in [3.63, 3.8) is 0 Å². The number of sulfonamides is 1. The monoisotopic (exact) mass is 612 g/mol. The minimum atomic E-state index is -4.16. The van der Waals surface area contributed by atoms with Crippen molar-refractivity contribution >= 4 is 50.0 Å². The van der Waals surface area contributed by atoms with Gasteiger partial charge in [-0.3, -0.25) is 9.52 Å². The summed E-state index contributed by atoms with van der Waals surface area (Å²) in [4.78, 5) is 22.9. The number of hydrogen-bond donors (Lipinski definition) is 3. The van der Waals surface area contributed by atoms with Gasteiger partial charge in [0.1, 0.15) is 11.5 Å². The van der Waals surface area contributed by atoms with E-state index in [-0.39, 0.29) is 23.1 Å². The first kappa shape index (κ1) is 30.1. The largest absolute Gasteiger partial charge is 0.497 e. The summed E-state index contributed by atoms with van der Waals surface area (Å²) < 4.78 is 40.9. The molecule has 0 saturated heterocycles. The van der Waals surface area contributed by atoms with Gasteiger partial charge in [0, 0.05) is 36.1 Å². The molecule has 0 saturated carbocycles. The highest BCUT2D eigenvalue weighted by Crippen LogP contribution is 2.32. The lowest BCUT2D eigenvalue weighted by Crippen LogP contribution is -2.35. The van der Waals surface area contributed by atoms with E-state index in [1.54, 1.807) is 53.4 Å². The van der Waals surface area contributed by atoms with E-state index in [4.69, 9.17) is 15.2 Å². The van der Waals surface area contributed by atoms with E-state index < -0.39 is 15.9 Å². The van der Waals surface area contributed by atoms with Gasteiger partial charge in [-0.1, -0.05) is 48.5 Å². The molecule has 1 heterocycles. The van der Waals surface area contributed by atoms with Crippen molar-refractivity contribution in [3.8, 4) is 11.5 Å². The molecule has 5 aromatic rings. The van der Waals surface area contributed by atoms with Crippen molar-refractivity contribution in [2.24, 2.45) is 5.73 Å². The number of aromatic nitrogens is 2. The Hall–Kier alpha value is -5.36. The number of amides is 1. The molecule has 4 aromatic carbocycles. The Morgan fingerprint density at radius 2 is 1.45 bits per heavy atom. The molecule has 11 nitrogen and oxygen atoms in total. The number of methoxy groups -OCH3 is 2. The Bertz CT molecular complexity index is 1860. The number of nitrogens with two attached hydrogens (primary N) is 1. The highest BCUT2D eigenvalue weighted by atomic mass is 32.2. The van der Waals surface area contributed by atoms with Crippen LogP contribution in [0.3, 0.4) is 0 Å². The molecule has 0 bridgehead atoms. The lowest BCUT2D eigenvalue weighted by atomic mass is 10.1. The average molecular weight is 613 g/mol. The summed E-state index contributed by atoms with van der Waals surface area (Å²) in [6, 6.07) is 28.4. The molecule has 0 aliphatic rings. The van der Waals surface area contributed by atoms with E-state index in [0.29, 0.717) is 46.9 Å². The molecule has 226 valence electrons. The van der Waals surface area contributed by atoms with E-state index in [0.717, 1.165) is 5.56 Å². The predicted octanol–water partition coefficient (Wildman–Crippen LogP) is 4.73. The number of nitrogens with one attached hydrogen (secondary N) is 2. The maximum atomic E-state index is 13.8. The number of nitrogens with zero attached hydrogens (tertiary/aromatic N) is 3. The number of rotatable bonds is 13. The fourth-order valence-corrected chi connectivity index (χ4v) is 5.65. The van der Waals surface area contributed by atoms with E-state index in [9.17, 15) is 13.2 Å². The number of para-hydroxylation sites is 2. The number of carbonyl (C=O) groups excluding carboxylic acids is 1. The summed E-state index contributed by atoms with van der Waals surface area (Å²) in [6.07, 6.45) is 0.639. The van der Waals surface area contributed by atoms with Crippen LogP contribution in [0.25, 0.3) is 11.0 Å². The van der Waals surface area contributed by atoms with Gasteiger partial charge in [0.05, 0.1) is 36.7 Å². The third-order valence-corrected chi connectivity index (χ3v) is 8.11. The van der Waals surface area contributed by atoms with Crippen molar-refractivity contribution < 1.29 is 22.7 Å². The second-order valence-electron chi connectivity index (χ2n) is 9.86. The van der Waals surface area contributed by atoms with E-state index in [2.05, 4.69) is 20.0 Å². The molecule has 12 heteroatoms. The molecule has 0 fully saturated rings. The second-order valence-corrected chi connectivity index (χ2v) is 11.5. The lowest BCUT2D eigenvalue weighted by molar-refractivity contribution is -0.116. The minimum absolute atomic E-state index is 0.00559. The zero-order valence-electron chi connectivity index (χ0n) is 24.2. The first-order valence-electron chi connectivity index (χ1n) is 13.7. The van der Waals surface area contributed by atoms with Crippen LogP contribution in [0.4, 0.5) is 23.0 Å². The normalized spacial score (nSPS) is 11.1. The molecule has 44 heavy (non-hydrogen) atoms. The van der Waals surface area contributed by atoms with Crippen LogP contribution in [0, 0.1) is 0 Å². The quantitative estimate of drug-likeness (QED) is 0.172. The molecule has 0 radical (unpaired) electrons. The summed E-state index contributed by atoms with van der Waals surface area (Å²) in [5.41, 5.74) is 8.77. The van der Waals surface area contributed by atoms with Crippen LogP contribution in [-0.2, 0) is 21.2 Å². The number of anilines is 4. The second kappa shape index (κ2) is 13.3. The smallest absolute Gasteiger partial charge is 0.263 e. The van der Waals surface area contributed by atoms with Gasteiger partial charge in [-0.15, -0.1) is 0 Å². The SMILES string of the molecule is COc1cc(Nc2nc3ccccc3nc2NS(=O)(=O)c2cccc(N(CCc3ccccc3)CC(N)=O)c2)cc(OC)c1. The van der Waals surface area contributed by atoms with Crippen LogP contribution in [0.1, 0.15) is 5.56 Å². The first-order chi connectivity index (χ1) is 21.2. The van der Waals surface area contributed by atoms with Gasteiger partial charge >= 0.3 is 0 Å². The molecule has 0 unspecified atom stereocenters.